The molecule has 0 saturated carbocycles. The van der Waals surface area contributed by atoms with Gasteiger partial charge in [0, 0.05) is 32.4 Å². The molecule has 2 rings (SSSR count). The summed E-state index contributed by atoms with van der Waals surface area (Å²) in [6.07, 6.45) is 1.14. The van der Waals surface area contributed by atoms with Gasteiger partial charge in [0.05, 0.1) is 6.61 Å². The summed E-state index contributed by atoms with van der Waals surface area (Å²) in [5.41, 5.74) is 9.61. The molecule has 0 amide bonds. The zero-order valence-electron chi connectivity index (χ0n) is 9.20. The van der Waals surface area contributed by atoms with Gasteiger partial charge in [0.15, 0.2) is 0 Å². The number of nitrogens with zero attached hydrogens (tertiary/aromatic N) is 1. The van der Waals surface area contributed by atoms with Crippen LogP contribution >= 0.6 is 0 Å². The Balaban J connectivity index is 2.21. The Labute approximate surface area is 90.8 Å². The van der Waals surface area contributed by atoms with Crippen LogP contribution in [0.15, 0.2) is 18.2 Å². The molecule has 3 nitrogen and oxygen atoms in total. The maximum Gasteiger partial charge on any atom is 0.0713 e. The third-order valence-corrected chi connectivity index (χ3v) is 2.85. The van der Waals surface area contributed by atoms with Crippen LogP contribution in [-0.4, -0.2) is 26.7 Å². The summed E-state index contributed by atoms with van der Waals surface area (Å²) in [6, 6.07) is 6.58. The topological polar surface area (TPSA) is 38.5 Å². The van der Waals surface area contributed by atoms with Crippen molar-refractivity contribution in [1.29, 1.82) is 0 Å². The molecule has 1 aromatic rings. The minimum Gasteiger partial charge on any atom is -0.380 e. The van der Waals surface area contributed by atoms with Crippen molar-refractivity contribution < 1.29 is 4.74 Å². The Hall–Kier alpha value is -1.06. The van der Waals surface area contributed by atoms with Gasteiger partial charge in [-0.3, -0.25) is 0 Å². The minimum atomic E-state index is 0.684. The molecule has 1 heterocycles. The Morgan fingerprint density at radius 3 is 3.07 bits per heavy atom. The molecule has 15 heavy (non-hydrogen) atoms. The van der Waals surface area contributed by atoms with Crippen molar-refractivity contribution in [1.82, 2.24) is 0 Å². The fourth-order valence-corrected chi connectivity index (χ4v) is 2.14. The zero-order chi connectivity index (χ0) is 10.7. The molecule has 0 spiro atoms. The summed E-state index contributed by atoms with van der Waals surface area (Å²) in [7, 11) is 1.73. The van der Waals surface area contributed by atoms with Crippen molar-refractivity contribution in [2.75, 3.05) is 31.6 Å². The van der Waals surface area contributed by atoms with Crippen LogP contribution in [0.5, 0.6) is 0 Å². The smallest absolute Gasteiger partial charge is 0.0713 e. The third-order valence-electron chi connectivity index (χ3n) is 2.85. The lowest BCUT2D eigenvalue weighted by Crippen LogP contribution is -2.27. The second-order valence-electron chi connectivity index (χ2n) is 3.92. The predicted octanol–water partition coefficient (Wildman–Crippen LogP) is 1.15. The second-order valence-corrected chi connectivity index (χ2v) is 3.92. The SMILES string of the molecule is COCc1ccc2c(c1)N(CCN)CC2. The molecule has 0 aromatic heterocycles. The summed E-state index contributed by atoms with van der Waals surface area (Å²) >= 11 is 0. The van der Waals surface area contributed by atoms with Gasteiger partial charge in [-0.15, -0.1) is 0 Å². The zero-order valence-corrected chi connectivity index (χ0v) is 9.20. The second kappa shape index (κ2) is 4.64. The fourth-order valence-electron chi connectivity index (χ4n) is 2.14. The van der Waals surface area contributed by atoms with Gasteiger partial charge in [0.2, 0.25) is 0 Å². The Morgan fingerprint density at radius 2 is 2.33 bits per heavy atom. The first-order valence-electron chi connectivity index (χ1n) is 5.41. The third kappa shape index (κ3) is 2.13. The first-order chi connectivity index (χ1) is 7.35. The molecule has 0 unspecified atom stereocenters. The van der Waals surface area contributed by atoms with E-state index in [-0.39, 0.29) is 0 Å². The van der Waals surface area contributed by atoms with Crippen LogP contribution in [-0.2, 0) is 17.8 Å². The first kappa shape index (κ1) is 10.5. The maximum absolute atomic E-state index is 5.60. The van der Waals surface area contributed by atoms with Gasteiger partial charge >= 0.3 is 0 Å². The van der Waals surface area contributed by atoms with Crippen molar-refractivity contribution in [3.05, 3.63) is 29.3 Å². The quantitative estimate of drug-likeness (QED) is 0.803. The number of ether oxygens (including phenoxy) is 1. The van der Waals surface area contributed by atoms with E-state index in [4.69, 9.17) is 10.5 Å². The number of benzene rings is 1. The lowest BCUT2D eigenvalue weighted by Gasteiger charge is -2.18. The van der Waals surface area contributed by atoms with E-state index in [0.717, 1.165) is 19.5 Å². The molecule has 0 bridgehead atoms. The van der Waals surface area contributed by atoms with E-state index in [2.05, 4.69) is 23.1 Å². The van der Waals surface area contributed by atoms with Crippen molar-refractivity contribution in [3.63, 3.8) is 0 Å². The summed E-state index contributed by atoms with van der Waals surface area (Å²) in [5, 5.41) is 0. The van der Waals surface area contributed by atoms with Crippen LogP contribution in [0.2, 0.25) is 0 Å². The molecule has 0 aliphatic carbocycles. The normalized spacial score (nSPS) is 14.4. The lowest BCUT2D eigenvalue weighted by atomic mass is 10.1. The highest BCUT2D eigenvalue weighted by Crippen LogP contribution is 2.28. The molecular formula is C12H18N2O. The van der Waals surface area contributed by atoms with E-state index in [1.165, 1.54) is 16.8 Å². The summed E-state index contributed by atoms with van der Waals surface area (Å²) in [6.45, 7) is 3.45. The van der Waals surface area contributed by atoms with Gasteiger partial charge in [-0.25, -0.2) is 0 Å². The number of methoxy groups -OCH3 is 1. The van der Waals surface area contributed by atoms with Crippen LogP contribution in [0.4, 0.5) is 5.69 Å². The molecule has 1 aromatic carbocycles. The largest absolute Gasteiger partial charge is 0.380 e. The van der Waals surface area contributed by atoms with Gasteiger partial charge in [-0.05, 0) is 23.6 Å². The number of rotatable bonds is 4. The van der Waals surface area contributed by atoms with Crippen molar-refractivity contribution in [2.24, 2.45) is 5.73 Å². The van der Waals surface area contributed by atoms with E-state index in [9.17, 15) is 0 Å². The number of fused-ring (bicyclic) bond motifs is 1. The highest BCUT2D eigenvalue weighted by Gasteiger charge is 2.18. The number of hydrogen-bond acceptors (Lipinski definition) is 3. The molecule has 82 valence electrons. The molecule has 0 saturated heterocycles. The molecule has 2 N–H and O–H groups in total. The van der Waals surface area contributed by atoms with Gasteiger partial charge < -0.3 is 15.4 Å². The molecular weight excluding hydrogens is 188 g/mol. The van der Waals surface area contributed by atoms with Crippen molar-refractivity contribution >= 4 is 5.69 Å². The van der Waals surface area contributed by atoms with Crippen LogP contribution in [0, 0.1) is 0 Å². The number of anilines is 1. The van der Waals surface area contributed by atoms with Crippen LogP contribution in [0.1, 0.15) is 11.1 Å². The number of hydrogen-bond donors (Lipinski definition) is 1. The standard InChI is InChI=1S/C12H18N2O/c1-15-9-10-2-3-11-4-6-14(7-5-13)12(11)8-10/h2-3,8H,4-7,9,13H2,1H3. The average Bonchev–Trinajstić information content (AvgIpc) is 2.63. The maximum atomic E-state index is 5.60. The summed E-state index contributed by atoms with van der Waals surface area (Å²) in [5.74, 6) is 0. The lowest BCUT2D eigenvalue weighted by molar-refractivity contribution is 0.185. The average molecular weight is 206 g/mol. The van der Waals surface area contributed by atoms with Crippen LogP contribution < -0.4 is 10.6 Å². The monoisotopic (exact) mass is 206 g/mol. The molecule has 0 atom stereocenters. The van der Waals surface area contributed by atoms with Crippen molar-refractivity contribution in [3.8, 4) is 0 Å². The Kier molecular flexibility index (Phi) is 3.23. The van der Waals surface area contributed by atoms with Crippen LogP contribution in [0.3, 0.4) is 0 Å². The molecule has 0 radical (unpaired) electrons. The molecule has 1 aliphatic heterocycles. The highest BCUT2D eigenvalue weighted by molar-refractivity contribution is 5.59. The van der Waals surface area contributed by atoms with Gasteiger partial charge in [0.25, 0.3) is 0 Å². The predicted molar refractivity (Wildman–Crippen MR) is 62.1 cm³/mol. The van der Waals surface area contributed by atoms with E-state index < -0.39 is 0 Å². The van der Waals surface area contributed by atoms with Gasteiger partial charge in [-0.2, -0.15) is 0 Å². The van der Waals surface area contributed by atoms with Gasteiger partial charge in [-0.1, -0.05) is 12.1 Å². The highest BCUT2D eigenvalue weighted by atomic mass is 16.5. The van der Waals surface area contributed by atoms with E-state index in [0.29, 0.717) is 13.2 Å². The minimum absolute atomic E-state index is 0.684. The van der Waals surface area contributed by atoms with E-state index >= 15 is 0 Å². The summed E-state index contributed by atoms with van der Waals surface area (Å²) in [4.78, 5) is 2.36. The Bertz CT molecular complexity index is 336. The first-order valence-corrected chi connectivity index (χ1v) is 5.41. The van der Waals surface area contributed by atoms with Crippen LogP contribution in [0.25, 0.3) is 0 Å². The molecule has 1 aliphatic rings. The van der Waals surface area contributed by atoms with Gasteiger partial charge in [0.1, 0.15) is 0 Å². The summed E-state index contributed by atoms with van der Waals surface area (Å²) < 4.78 is 5.14. The molecule has 3 heteroatoms. The van der Waals surface area contributed by atoms with Crippen molar-refractivity contribution in [2.45, 2.75) is 13.0 Å². The van der Waals surface area contributed by atoms with E-state index in [1.54, 1.807) is 7.11 Å². The van der Waals surface area contributed by atoms with E-state index in [1.807, 2.05) is 0 Å². The Morgan fingerprint density at radius 1 is 1.47 bits per heavy atom. The number of nitrogens with two attached hydrogens (primary N) is 1. The molecule has 0 fully saturated rings. The fraction of sp³-hybridized carbons (Fsp3) is 0.500.